The van der Waals surface area contributed by atoms with Gasteiger partial charge in [-0.1, -0.05) is 46.1 Å². The number of amides is 1. The van der Waals surface area contributed by atoms with Gasteiger partial charge in [0.15, 0.2) is 10.7 Å². The summed E-state index contributed by atoms with van der Waals surface area (Å²) in [6.45, 7) is 3.34. The van der Waals surface area contributed by atoms with E-state index in [0.717, 1.165) is 4.70 Å². The molecule has 0 radical (unpaired) electrons. The number of fused-ring (bicyclic) bond motifs is 1. The Morgan fingerprint density at radius 1 is 1.08 bits per heavy atom. The zero-order valence-corrected chi connectivity index (χ0v) is 16.4. The molecular formula is C17H13Cl3N2O2S. The van der Waals surface area contributed by atoms with Crippen LogP contribution in [0.2, 0.25) is 15.1 Å². The Morgan fingerprint density at radius 3 is 2.36 bits per heavy atom. The number of aromatic nitrogens is 1. The van der Waals surface area contributed by atoms with Gasteiger partial charge < -0.3 is 4.74 Å². The molecule has 2 aromatic carbocycles. The predicted octanol–water partition coefficient (Wildman–Crippen LogP) is 6.05. The van der Waals surface area contributed by atoms with E-state index in [2.05, 4.69) is 10.3 Å². The van der Waals surface area contributed by atoms with Crippen LogP contribution >= 0.6 is 46.1 Å². The molecule has 1 N–H and O–H groups in total. The third kappa shape index (κ3) is 4.01. The second-order valence-electron chi connectivity index (χ2n) is 5.75. The standard InChI is InChI=1S/C17H13Cl3N2O2S/c1-17(2,24-10-5-3-9(18)4-6-10)15(23)22-16-21-13-11(19)7-8-12(20)14(13)25-16/h3-8H,1-2H3,(H,21,22,23). The van der Waals surface area contributed by atoms with Gasteiger partial charge in [0, 0.05) is 5.02 Å². The molecule has 1 amide bonds. The minimum atomic E-state index is -1.11. The van der Waals surface area contributed by atoms with Gasteiger partial charge in [0.05, 0.1) is 14.7 Å². The van der Waals surface area contributed by atoms with Gasteiger partial charge in [0.2, 0.25) is 0 Å². The normalized spacial score (nSPS) is 11.6. The number of nitrogens with one attached hydrogen (secondary N) is 1. The number of carbonyl (C=O) groups is 1. The summed E-state index contributed by atoms with van der Waals surface area (Å²) in [5.41, 5.74) is -0.551. The lowest BCUT2D eigenvalue weighted by Gasteiger charge is -2.24. The van der Waals surface area contributed by atoms with Crippen LogP contribution < -0.4 is 10.1 Å². The second kappa shape index (κ2) is 7.00. The molecule has 0 fully saturated rings. The van der Waals surface area contributed by atoms with E-state index >= 15 is 0 Å². The number of anilines is 1. The highest BCUT2D eigenvalue weighted by Gasteiger charge is 2.31. The highest BCUT2D eigenvalue weighted by molar-refractivity contribution is 7.23. The van der Waals surface area contributed by atoms with Crippen LogP contribution in [0.25, 0.3) is 10.2 Å². The molecule has 130 valence electrons. The van der Waals surface area contributed by atoms with Crippen LogP contribution in [0.4, 0.5) is 5.13 Å². The number of carbonyl (C=O) groups excluding carboxylic acids is 1. The predicted molar refractivity (Wildman–Crippen MR) is 104 cm³/mol. The number of hydrogen-bond acceptors (Lipinski definition) is 4. The Bertz CT molecular complexity index is 900. The minimum absolute atomic E-state index is 0.339. The highest BCUT2D eigenvalue weighted by atomic mass is 35.5. The van der Waals surface area contributed by atoms with Crippen LogP contribution in [-0.4, -0.2) is 16.5 Å². The number of rotatable bonds is 4. The topological polar surface area (TPSA) is 51.2 Å². The van der Waals surface area contributed by atoms with E-state index in [9.17, 15) is 4.79 Å². The Hall–Kier alpha value is -1.53. The van der Waals surface area contributed by atoms with Crippen LogP contribution in [0.5, 0.6) is 5.75 Å². The van der Waals surface area contributed by atoms with Crippen molar-refractivity contribution >= 4 is 67.4 Å². The third-order valence-electron chi connectivity index (χ3n) is 3.40. The van der Waals surface area contributed by atoms with Crippen LogP contribution in [-0.2, 0) is 4.79 Å². The first kappa shape index (κ1) is 18.3. The number of halogens is 3. The van der Waals surface area contributed by atoms with Gasteiger partial charge in [-0.05, 0) is 50.2 Å². The number of hydrogen-bond donors (Lipinski definition) is 1. The Labute approximate surface area is 163 Å². The van der Waals surface area contributed by atoms with Crippen molar-refractivity contribution in [2.45, 2.75) is 19.4 Å². The molecule has 0 aliphatic carbocycles. The molecule has 4 nitrogen and oxygen atoms in total. The van der Waals surface area contributed by atoms with E-state index in [4.69, 9.17) is 39.5 Å². The molecule has 3 aromatic rings. The summed E-state index contributed by atoms with van der Waals surface area (Å²) in [5.74, 6) is 0.202. The van der Waals surface area contributed by atoms with Crippen molar-refractivity contribution in [1.29, 1.82) is 0 Å². The lowest BCUT2D eigenvalue weighted by molar-refractivity contribution is -0.128. The molecular weight excluding hydrogens is 403 g/mol. The van der Waals surface area contributed by atoms with E-state index in [1.165, 1.54) is 11.3 Å². The van der Waals surface area contributed by atoms with Crippen LogP contribution in [0.15, 0.2) is 36.4 Å². The summed E-state index contributed by atoms with van der Waals surface area (Å²) >= 11 is 19.4. The Morgan fingerprint density at radius 2 is 1.72 bits per heavy atom. The van der Waals surface area contributed by atoms with Gasteiger partial charge >= 0.3 is 0 Å². The SMILES string of the molecule is CC(C)(Oc1ccc(Cl)cc1)C(=O)Nc1nc2c(Cl)ccc(Cl)c2s1. The van der Waals surface area contributed by atoms with Gasteiger partial charge in [0.25, 0.3) is 5.91 Å². The summed E-state index contributed by atoms with van der Waals surface area (Å²) in [5, 5.41) is 4.77. The maximum Gasteiger partial charge on any atom is 0.269 e. The first-order valence-corrected chi connectivity index (χ1v) is 9.22. The van der Waals surface area contributed by atoms with E-state index in [0.29, 0.717) is 31.5 Å². The van der Waals surface area contributed by atoms with Crippen molar-refractivity contribution < 1.29 is 9.53 Å². The second-order valence-corrected chi connectivity index (χ2v) is 8.00. The summed E-state index contributed by atoms with van der Waals surface area (Å²) in [7, 11) is 0. The fourth-order valence-electron chi connectivity index (χ4n) is 2.09. The van der Waals surface area contributed by atoms with Gasteiger partial charge in [-0.15, -0.1) is 0 Å². The van der Waals surface area contributed by atoms with Gasteiger partial charge in [0.1, 0.15) is 11.3 Å². The highest BCUT2D eigenvalue weighted by Crippen LogP contribution is 2.36. The van der Waals surface area contributed by atoms with Crippen LogP contribution in [0, 0.1) is 0 Å². The summed E-state index contributed by atoms with van der Waals surface area (Å²) in [4.78, 5) is 16.9. The molecule has 0 atom stereocenters. The fourth-order valence-corrected chi connectivity index (χ4v) is 3.63. The molecule has 0 saturated carbocycles. The first-order valence-electron chi connectivity index (χ1n) is 7.27. The van der Waals surface area contributed by atoms with Crippen molar-refractivity contribution in [2.75, 3.05) is 5.32 Å². The molecule has 1 aromatic heterocycles. The molecule has 0 saturated heterocycles. The molecule has 0 aliphatic rings. The van der Waals surface area contributed by atoms with Gasteiger partial charge in [-0.3, -0.25) is 10.1 Å². The first-order chi connectivity index (χ1) is 11.8. The van der Waals surface area contributed by atoms with Crippen molar-refractivity contribution in [3.05, 3.63) is 51.5 Å². The number of ether oxygens (including phenoxy) is 1. The molecule has 1 heterocycles. The van der Waals surface area contributed by atoms with E-state index in [-0.39, 0.29) is 5.91 Å². The molecule has 0 spiro atoms. The Balaban J connectivity index is 1.80. The van der Waals surface area contributed by atoms with Gasteiger partial charge in [-0.2, -0.15) is 0 Å². The fraction of sp³-hybridized carbons (Fsp3) is 0.176. The zero-order valence-electron chi connectivity index (χ0n) is 13.3. The maximum atomic E-state index is 12.6. The lowest BCUT2D eigenvalue weighted by atomic mass is 10.1. The van der Waals surface area contributed by atoms with Crippen LogP contribution in [0.1, 0.15) is 13.8 Å². The van der Waals surface area contributed by atoms with E-state index in [1.807, 2.05) is 0 Å². The summed E-state index contributed by atoms with van der Waals surface area (Å²) < 4.78 is 6.49. The average Bonchev–Trinajstić information content (AvgIpc) is 2.98. The number of benzene rings is 2. The number of thiazole rings is 1. The third-order valence-corrected chi connectivity index (χ3v) is 5.39. The van der Waals surface area contributed by atoms with Crippen molar-refractivity contribution in [3.63, 3.8) is 0 Å². The maximum absolute atomic E-state index is 12.6. The quantitative estimate of drug-likeness (QED) is 0.564. The Kier molecular flexibility index (Phi) is 5.11. The van der Waals surface area contributed by atoms with Crippen molar-refractivity contribution in [1.82, 2.24) is 4.98 Å². The average molecular weight is 416 g/mol. The molecule has 0 unspecified atom stereocenters. The van der Waals surface area contributed by atoms with E-state index in [1.54, 1.807) is 50.2 Å². The molecule has 8 heteroatoms. The number of nitrogens with zero attached hydrogens (tertiary/aromatic N) is 1. The van der Waals surface area contributed by atoms with Gasteiger partial charge in [-0.25, -0.2) is 4.98 Å². The zero-order chi connectivity index (χ0) is 18.2. The largest absolute Gasteiger partial charge is 0.478 e. The monoisotopic (exact) mass is 414 g/mol. The van der Waals surface area contributed by atoms with Crippen molar-refractivity contribution in [2.24, 2.45) is 0 Å². The molecule has 3 rings (SSSR count). The summed E-state index contributed by atoms with van der Waals surface area (Å²) in [6.07, 6.45) is 0. The van der Waals surface area contributed by atoms with E-state index < -0.39 is 5.60 Å². The lowest BCUT2D eigenvalue weighted by Crippen LogP contribution is -2.42. The minimum Gasteiger partial charge on any atom is -0.478 e. The van der Waals surface area contributed by atoms with Crippen LogP contribution in [0.3, 0.4) is 0 Å². The smallest absolute Gasteiger partial charge is 0.269 e. The molecule has 25 heavy (non-hydrogen) atoms. The summed E-state index contributed by atoms with van der Waals surface area (Å²) in [6, 6.07) is 10.2. The molecule has 0 aliphatic heterocycles. The molecule has 0 bridgehead atoms. The van der Waals surface area contributed by atoms with Crippen molar-refractivity contribution in [3.8, 4) is 5.75 Å².